The second kappa shape index (κ2) is 9.06. The van der Waals surface area contributed by atoms with Gasteiger partial charge in [-0.3, -0.25) is 4.79 Å². The number of nitrogen functional groups attached to an aromatic ring is 1. The molecule has 4 N–H and O–H groups in total. The molecule has 0 aliphatic heterocycles. The molecule has 28 heavy (non-hydrogen) atoms. The number of nitrogens with one attached hydrogen (secondary N) is 2. The molecule has 0 aliphatic carbocycles. The number of hydrogen-bond donors (Lipinski definition) is 3. The largest absolute Gasteiger partial charge is 0.397 e. The fourth-order valence-electron chi connectivity index (χ4n) is 2.61. The first-order valence-electron chi connectivity index (χ1n) is 8.80. The van der Waals surface area contributed by atoms with Gasteiger partial charge in [0.25, 0.3) is 0 Å². The highest BCUT2D eigenvalue weighted by Gasteiger charge is 2.01. The Labute approximate surface area is 164 Å². The van der Waals surface area contributed by atoms with Crippen LogP contribution in [0.1, 0.15) is 16.7 Å². The van der Waals surface area contributed by atoms with Gasteiger partial charge >= 0.3 is 0 Å². The van der Waals surface area contributed by atoms with Gasteiger partial charge in [-0.1, -0.05) is 42.5 Å². The van der Waals surface area contributed by atoms with Crippen molar-refractivity contribution < 1.29 is 4.79 Å². The van der Waals surface area contributed by atoms with E-state index in [4.69, 9.17) is 11.0 Å². The molecule has 0 aliphatic rings. The van der Waals surface area contributed by atoms with E-state index in [0.29, 0.717) is 23.5 Å². The Morgan fingerprint density at radius 2 is 1.82 bits per heavy atom. The Morgan fingerprint density at radius 1 is 1.04 bits per heavy atom. The van der Waals surface area contributed by atoms with Crippen LogP contribution < -0.4 is 16.4 Å². The lowest BCUT2D eigenvalue weighted by Gasteiger charge is -2.07. The van der Waals surface area contributed by atoms with E-state index in [-0.39, 0.29) is 5.91 Å². The summed E-state index contributed by atoms with van der Waals surface area (Å²) in [6.45, 7) is 0.645. The van der Waals surface area contributed by atoms with Crippen LogP contribution in [0.5, 0.6) is 0 Å². The molecule has 0 saturated heterocycles. The van der Waals surface area contributed by atoms with E-state index in [1.807, 2.05) is 54.6 Å². The van der Waals surface area contributed by atoms with E-state index in [1.54, 1.807) is 24.3 Å². The predicted octanol–water partition coefficient (Wildman–Crippen LogP) is 4.40. The maximum absolute atomic E-state index is 12.0. The molecule has 0 radical (unpaired) electrons. The van der Waals surface area contributed by atoms with Gasteiger partial charge in [0.15, 0.2) is 0 Å². The molecule has 138 valence electrons. The fourth-order valence-corrected chi connectivity index (χ4v) is 2.61. The molecule has 0 aromatic heterocycles. The highest BCUT2D eigenvalue weighted by Crippen LogP contribution is 2.17. The van der Waals surface area contributed by atoms with Gasteiger partial charge in [0, 0.05) is 18.3 Å². The van der Waals surface area contributed by atoms with E-state index in [9.17, 15) is 4.79 Å². The van der Waals surface area contributed by atoms with Crippen molar-refractivity contribution in [2.75, 3.05) is 16.4 Å². The molecular formula is C23H20N4O. The van der Waals surface area contributed by atoms with Gasteiger partial charge in [-0.15, -0.1) is 0 Å². The minimum atomic E-state index is -0.235. The van der Waals surface area contributed by atoms with Crippen LogP contribution in [0.25, 0.3) is 6.08 Å². The van der Waals surface area contributed by atoms with Crippen molar-refractivity contribution >= 4 is 29.0 Å². The minimum Gasteiger partial charge on any atom is -0.397 e. The Bertz CT molecular complexity index is 1030. The highest BCUT2D eigenvalue weighted by molar-refractivity contribution is 6.03. The molecule has 5 nitrogen and oxygen atoms in total. The number of nitrogens with zero attached hydrogens (tertiary/aromatic N) is 1. The third kappa shape index (κ3) is 5.23. The van der Waals surface area contributed by atoms with Gasteiger partial charge in [-0.2, -0.15) is 5.26 Å². The number of anilines is 3. The summed E-state index contributed by atoms with van der Waals surface area (Å²) in [4.78, 5) is 12.0. The van der Waals surface area contributed by atoms with E-state index < -0.39 is 0 Å². The van der Waals surface area contributed by atoms with E-state index in [0.717, 1.165) is 16.8 Å². The first-order valence-corrected chi connectivity index (χ1v) is 8.80. The second-order valence-corrected chi connectivity index (χ2v) is 6.20. The molecule has 0 bridgehead atoms. The molecular weight excluding hydrogens is 348 g/mol. The standard InChI is InChI=1S/C23H20N4O/c24-15-19-4-3-5-20(14-19)26-16-18-10-8-17(9-11-18)12-13-23(28)27-22-7-2-1-6-21(22)25/h1-14,26H,16,25H2,(H,27,28)/b13-12+. The lowest BCUT2D eigenvalue weighted by molar-refractivity contribution is -0.111. The van der Waals surface area contributed by atoms with Crippen LogP contribution >= 0.6 is 0 Å². The average Bonchev–Trinajstić information content (AvgIpc) is 2.73. The average molecular weight is 368 g/mol. The summed E-state index contributed by atoms with van der Waals surface area (Å²) in [5.41, 5.74) is 10.5. The molecule has 0 atom stereocenters. The predicted molar refractivity (Wildman–Crippen MR) is 113 cm³/mol. The number of amides is 1. The zero-order valence-corrected chi connectivity index (χ0v) is 15.2. The van der Waals surface area contributed by atoms with Crippen LogP contribution in [0, 0.1) is 11.3 Å². The summed E-state index contributed by atoms with van der Waals surface area (Å²) in [6, 6.07) is 24.5. The molecule has 3 rings (SSSR count). The monoisotopic (exact) mass is 368 g/mol. The van der Waals surface area contributed by atoms with Gasteiger partial charge < -0.3 is 16.4 Å². The van der Waals surface area contributed by atoms with E-state index >= 15 is 0 Å². The lowest BCUT2D eigenvalue weighted by atomic mass is 10.1. The zero-order chi connectivity index (χ0) is 19.8. The van der Waals surface area contributed by atoms with Crippen LogP contribution in [0.15, 0.2) is 78.9 Å². The number of para-hydroxylation sites is 2. The summed E-state index contributed by atoms with van der Waals surface area (Å²) in [5, 5.41) is 15.0. The van der Waals surface area contributed by atoms with Crippen molar-refractivity contribution in [1.82, 2.24) is 0 Å². The van der Waals surface area contributed by atoms with Gasteiger partial charge in [-0.05, 0) is 47.5 Å². The van der Waals surface area contributed by atoms with Crippen LogP contribution in [0.3, 0.4) is 0 Å². The van der Waals surface area contributed by atoms with Crippen molar-refractivity contribution in [2.45, 2.75) is 6.54 Å². The van der Waals surface area contributed by atoms with Gasteiger partial charge in [0.1, 0.15) is 0 Å². The lowest BCUT2D eigenvalue weighted by Crippen LogP contribution is -2.09. The number of nitriles is 1. The van der Waals surface area contributed by atoms with E-state index in [2.05, 4.69) is 16.7 Å². The number of carbonyl (C=O) groups is 1. The topological polar surface area (TPSA) is 90.9 Å². The first kappa shape index (κ1) is 18.7. The third-order valence-corrected chi connectivity index (χ3v) is 4.11. The van der Waals surface area contributed by atoms with Crippen molar-refractivity contribution in [3.05, 3.63) is 95.6 Å². The second-order valence-electron chi connectivity index (χ2n) is 6.20. The number of carbonyl (C=O) groups excluding carboxylic acids is 1. The Kier molecular flexibility index (Phi) is 6.06. The molecule has 0 heterocycles. The number of hydrogen-bond acceptors (Lipinski definition) is 4. The Morgan fingerprint density at radius 3 is 2.57 bits per heavy atom. The highest BCUT2D eigenvalue weighted by atomic mass is 16.1. The first-order chi connectivity index (χ1) is 13.6. The summed E-state index contributed by atoms with van der Waals surface area (Å²) < 4.78 is 0. The number of nitrogens with two attached hydrogens (primary N) is 1. The molecule has 0 spiro atoms. The summed E-state index contributed by atoms with van der Waals surface area (Å²) >= 11 is 0. The SMILES string of the molecule is N#Cc1cccc(NCc2ccc(/C=C/C(=O)Nc3ccccc3N)cc2)c1. The van der Waals surface area contributed by atoms with Crippen LogP contribution in [0.4, 0.5) is 17.1 Å². The van der Waals surface area contributed by atoms with Crippen molar-refractivity contribution in [3.63, 3.8) is 0 Å². The molecule has 1 amide bonds. The number of rotatable bonds is 6. The molecule has 0 fully saturated rings. The summed E-state index contributed by atoms with van der Waals surface area (Å²) in [6.07, 6.45) is 3.23. The summed E-state index contributed by atoms with van der Waals surface area (Å²) in [7, 11) is 0. The zero-order valence-electron chi connectivity index (χ0n) is 15.2. The molecule has 0 saturated carbocycles. The van der Waals surface area contributed by atoms with Gasteiger partial charge in [0.2, 0.25) is 5.91 Å². The van der Waals surface area contributed by atoms with Gasteiger partial charge in [0.05, 0.1) is 23.0 Å². The maximum Gasteiger partial charge on any atom is 0.248 e. The molecule has 5 heteroatoms. The van der Waals surface area contributed by atoms with Crippen molar-refractivity contribution in [2.24, 2.45) is 0 Å². The molecule has 3 aromatic rings. The smallest absolute Gasteiger partial charge is 0.248 e. The third-order valence-electron chi connectivity index (χ3n) is 4.11. The fraction of sp³-hybridized carbons (Fsp3) is 0.0435. The van der Waals surface area contributed by atoms with Crippen LogP contribution in [0.2, 0.25) is 0 Å². The summed E-state index contributed by atoms with van der Waals surface area (Å²) in [5.74, 6) is -0.235. The van der Waals surface area contributed by atoms with Crippen LogP contribution in [-0.2, 0) is 11.3 Å². The molecule has 0 unspecified atom stereocenters. The maximum atomic E-state index is 12.0. The Hall–Kier alpha value is -4.04. The number of benzene rings is 3. The van der Waals surface area contributed by atoms with Gasteiger partial charge in [-0.25, -0.2) is 0 Å². The Balaban J connectivity index is 1.55. The van der Waals surface area contributed by atoms with E-state index in [1.165, 1.54) is 6.08 Å². The van der Waals surface area contributed by atoms with Crippen molar-refractivity contribution in [1.29, 1.82) is 5.26 Å². The van der Waals surface area contributed by atoms with Crippen LogP contribution in [-0.4, -0.2) is 5.91 Å². The minimum absolute atomic E-state index is 0.235. The normalized spacial score (nSPS) is 10.4. The van der Waals surface area contributed by atoms with Crippen molar-refractivity contribution in [3.8, 4) is 6.07 Å². The quantitative estimate of drug-likeness (QED) is 0.444. The molecule has 3 aromatic carbocycles.